The number of ether oxygens (including phenoxy) is 1. The predicted molar refractivity (Wildman–Crippen MR) is 74.3 cm³/mol. The molecule has 1 heterocycles. The Balaban J connectivity index is 2.21. The standard InChI is InChI=1S/C14H20FNOS/c1-13(2)8-12(14(3,4)17-13)18-11-7-9(15)5-6-10(11)16/h5-7,12H,8,16H2,1-4H3. The smallest absolute Gasteiger partial charge is 0.124 e. The molecule has 0 bridgehead atoms. The van der Waals surface area contributed by atoms with Crippen LogP contribution in [0.1, 0.15) is 34.1 Å². The Labute approximate surface area is 112 Å². The molecule has 0 saturated carbocycles. The molecule has 2 rings (SSSR count). The largest absolute Gasteiger partial charge is 0.398 e. The van der Waals surface area contributed by atoms with Crippen LogP contribution in [0.4, 0.5) is 10.1 Å². The van der Waals surface area contributed by atoms with Crippen molar-refractivity contribution in [2.24, 2.45) is 0 Å². The van der Waals surface area contributed by atoms with E-state index in [2.05, 4.69) is 27.7 Å². The third-order valence-corrected chi connectivity index (χ3v) is 4.86. The van der Waals surface area contributed by atoms with Crippen LogP contribution in [0.2, 0.25) is 0 Å². The summed E-state index contributed by atoms with van der Waals surface area (Å²) in [4.78, 5) is 0.800. The SMILES string of the molecule is CC1(C)CC(Sc2cc(F)ccc2N)C(C)(C)O1. The fourth-order valence-corrected chi connectivity index (χ4v) is 3.97. The van der Waals surface area contributed by atoms with Gasteiger partial charge in [-0.25, -0.2) is 4.39 Å². The van der Waals surface area contributed by atoms with E-state index < -0.39 is 0 Å². The summed E-state index contributed by atoms with van der Waals surface area (Å²) in [5.74, 6) is -0.248. The van der Waals surface area contributed by atoms with Crippen LogP contribution in [0, 0.1) is 5.82 Å². The number of benzene rings is 1. The van der Waals surface area contributed by atoms with Crippen molar-refractivity contribution in [3.05, 3.63) is 24.0 Å². The highest BCUT2D eigenvalue weighted by Gasteiger charge is 2.46. The van der Waals surface area contributed by atoms with Gasteiger partial charge in [-0.3, -0.25) is 0 Å². The summed E-state index contributed by atoms with van der Waals surface area (Å²) in [6.45, 7) is 8.33. The molecule has 18 heavy (non-hydrogen) atoms. The van der Waals surface area contributed by atoms with Gasteiger partial charge in [0.25, 0.3) is 0 Å². The van der Waals surface area contributed by atoms with Crippen molar-refractivity contribution >= 4 is 17.4 Å². The molecular formula is C14H20FNOS. The molecule has 1 aliphatic rings. The molecule has 1 fully saturated rings. The molecule has 100 valence electrons. The maximum absolute atomic E-state index is 13.3. The molecule has 4 heteroatoms. The lowest BCUT2D eigenvalue weighted by atomic mass is 10.0. The molecule has 0 spiro atoms. The lowest BCUT2D eigenvalue weighted by molar-refractivity contribution is -0.0631. The van der Waals surface area contributed by atoms with Crippen molar-refractivity contribution in [2.45, 2.75) is 55.5 Å². The summed E-state index contributed by atoms with van der Waals surface area (Å²) in [7, 11) is 0. The van der Waals surface area contributed by atoms with E-state index in [9.17, 15) is 4.39 Å². The number of halogens is 1. The molecular weight excluding hydrogens is 249 g/mol. The van der Waals surface area contributed by atoms with E-state index in [4.69, 9.17) is 10.5 Å². The van der Waals surface area contributed by atoms with Crippen LogP contribution in [0.15, 0.2) is 23.1 Å². The summed E-state index contributed by atoms with van der Waals surface area (Å²) < 4.78 is 19.3. The number of nitrogens with two attached hydrogens (primary N) is 1. The minimum atomic E-state index is -0.248. The molecule has 2 N–H and O–H groups in total. The fraction of sp³-hybridized carbons (Fsp3) is 0.571. The molecule has 1 aromatic rings. The molecule has 1 aromatic carbocycles. The third-order valence-electron chi connectivity index (χ3n) is 3.24. The Morgan fingerprint density at radius 1 is 1.33 bits per heavy atom. The van der Waals surface area contributed by atoms with Crippen LogP contribution in [-0.4, -0.2) is 16.5 Å². The van der Waals surface area contributed by atoms with Crippen molar-refractivity contribution in [2.75, 3.05) is 5.73 Å². The fourth-order valence-electron chi connectivity index (χ4n) is 2.46. The second-order valence-electron chi connectivity index (χ2n) is 5.96. The van der Waals surface area contributed by atoms with Crippen LogP contribution < -0.4 is 5.73 Å². The molecule has 2 nitrogen and oxygen atoms in total. The molecule has 1 aliphatic heterocycles. The summed E-state index contributed by atoms with van der Waals surface area (Å²) in [6.07, 6.45) is 0.931. The summed E-state index contributed by atoms with van der Waals surface area (Å²) in [6, 6.07) is 4.51. The van der Waals surface area contributed by atoms with Crippen molar-refractivity contribution < 1.29 is 9.13 Å². The lowest BCUT2D eigenvalue weighted by Crippen LogP contribution is -2.31. The zero-order chi connectivity index (χ0) is 13.6. The normalized spacial score (nSPS) is 25.3. The van der Waals surface area contributed by atoms with E-state index in [1.807, 2.05) is 0 Å². The van der Waals surface area contributed by atoms with E-state index in [0.29, 0.717) is 5.69 Å². The number of anilines is 1. The minimum absolute atomic E-state index is 0.136. The summed E-state index contributed by atoms with van der Waals surface area (Å²) >= 11 is 1.61. The van der Waals surface area contributed by atoms with Crippen molar-refractivity contribution in [1.29, 1.82) is 0 Å². The third kappa shape index (κ3) is 2.81. The first-order valence-corrected chi connectivity index (χ1v) is 6.99. The van der Waals surface area contributed by atoms with Crippen LogP contribution in [0.3, 0.4) is 0 Å². The van der Waals surface area contributed by atoms with Crippen LogP contribution in [0.25, 0.3) is 0 Å². The molecule has 0 aromatic heterocycles. The first-order valence-electron chi connectivity index (χ1n) is 6.11. The van der Waals surface area contributed by atoms with Gasteiger partial charge in [0.1, 0.15) is 5.82 Å². The van der Waals surface area contributed by atoms with Crippen LogP contribution >= 0.6 is 11.8 Å². The van der Waals surface area contributed by atoms with Gasteiger partial charge in [0.15, 0.2) is 0 Å². The highest BCUT2D eigenvalue weighted by molar-refractivity contribution is 8.00. The molecule has 1 saturated heterocycles. The van der Waals surface area contributed by atoms with Gasteiger partial charge in [0, 0.05) is 15.8 Å². The van der Waals surface area contributed by atoms with Crippen molar-refractivity contribution in [3.8, 4) is 0 Å². The average Bonchev–Trinajstić information content (AvgIpc) is 2.40. The Bertz CT molecular complexity index is 459. The Kier molecular flexibility index (Phi) is 3.36. The Hall–Kier alpha value is -0.740. The van der Waals surface area contributed by atoms with Gasteiger partial charge in [0.2, 0.25) is 0 Å². The number of nitrogen functional groups attached to an aromatic ring is 1. The molecule has 0 aliphatic carbocycles. The van der Waals surface area contributed by atoms with Gasteiger partial charge in [-0.1, -0.05) is 0 Å². The number of hydrogen-bond donors (Lipinski definition) is 1. The highest BCUT2D eigenvalue weighted by atomic mass is 32.2. The lowest BCUT2D eigenvalue weighted by Gasteiger charge is -2.27. The minimum Gasteiger partial charge on any atom is -0.398 e. The maximum Gasteiger partial charge on any atom is 0.124 e. The van der Waals surface area contributed by atoms with E-state index in [1.54, 1.807) is 17.8 Å². The van der Waals surface area contributed by atoms with E-state index in [-0.39, 0.29) is 22.3 Å². The topological polar surface area (TPSA) is 35.2 Å². The highest BCUT2D eigenvalue weighted by Crippen LogP contribution is 2.47. The van der Waals surface area contributed by atoms with Gasteiger partial charge >= 0.3 is 0 Å². The van der Waals surface area contributed by atoms with E-state index >= 15 is 0 Å². The first kappa shape index (κ1) is 13.7. The number of thioether (sulfide) groups is 1. The maximum atomic E-state index is 13.3. The zero-order valence-corrected chi connectivity index (χ0v) is 12.1. The molecule has 1 atom stereocenters. The molecule has 0 amide bonds. The molecule has 0 radical (unpaired) electrons. The van der Waals surface area contributed by atoms with Crippen molar-refractivity contribution in [1.82, 2.24) is 0 Å². The number of rotatable bonds is 2. The van der Waals surface area contributed by atoms with Gasteiger partial charge in [-0.2, -0.15) is 0 Å². The second-order valence-corrected chi connectivity index (χ2v) is 7.20. The van der Waals surface area contributed by atoms with E-state index in [0.717, 1.165) is 11.3 Å². The van der Waals surface area contributed by atoms with Crippen molar-refractivity contribution in [3.63, 3.8) is 0 Å². The van der Waals surface area contributed by atoms with Gasteiger partial charge in [0.05, 0.1) is 11.2 Å². The molecule has 1 unspecified atom stereocenters. The van der Waals surface area contributed by atoms with Gasteiger partial charge in [-0.15, -0.1) is 11.8 Å². The first-order chi connectivity index (χ1) is 8.20. The zero-order valence-electron chi connectivity index (χ0n) is 11.3. The van der Waals surface area contributed by atoms with Gasteiger partial charge in [-0.05, 0) is 52.3 Å². The summed E-state index contributed by atoms with van der Waals surface area (Å²) in [5, 5.41) is 0.275. The van der Waals surface area contributed by atoms with Gasteiger partial charge < -0.3 is 10.5 Å². The Morgan fingerprint density at radius 2 is 2.00 bits per heavy atom. The quantitative estimate of drug-likeness (QED) is 0.828. The average molecular weight is 269 g/mol. The van der Waals surface area contributed by atoms with Crippen LogP contribution in [0.5, 0.6) is 0 Å². The van der Waals surface area contributed by atoms with Crippen LogP contribution in [-0.2, 0) is 4.74 Å². The Morgan fingerprint density at radius 3 is 2.56 bits per heavy atom. The second kappa shape index (κ2) is 4.42. The predicted octanol–water partition coefficient (Wildman–Crippen LogP) is 3.85. The van der Waals surface area contributed by atoms with E-state index in [1.165, 1.54) is 12.1 Å². The number of hydrogen-bond acceptors (Lipinski definition) is 3. The summed E-state index contributed by atoms with van der Waals surface area (Å²) in [5.41, 5.74) is 6.16. The monoisotopic (exact) mass is 269 g/mol.